The van der Waals surface area contributed by atoms with Gasteiger partial charge in [0, 0.05) is 44.6 Å². The summed E-state index contributed by atoms with van der Waals surface area (Å²) in [5, 5.41) is 4.78. The second-order valence-electron chi connectivity index (χ2n) is 10.1. The molecule has 0 unspecified atom stereocenters. The summed E-state index contributed by atoms with van der Waals surface area (Å²) in [6.45, 7) is 11.7. The molecule has 0 saturated carbocycles. The fourth-order valence-corrected chi connectivity index (χ4v) is 4.85. The van der Waals surface area contributed by atoms with Crippen LogP contribution in [0, 0.1) is 13.8 Å². The van der Waals surface area contributed by atoms with E-state index in [4.69, 9.17) is 19.4 Å². The highest BCUT2D eigenvalue weighted by Gasteiger charge is 2.20. The second kappa shape index (κ2) is 9.75. The maximum absolute atomic E-state index is 13.6. The molecule has 0 fully saturated rings. The summed E-state index contributed by atoms with van der Waals surface area (Å²) < 4.78 is 14.7. The summed E-state index contributed by atoms with van der Waals surface area (Å²) >= 11 is 0. The number of hydrogen-bond donors (Lipinski definition) is 0. The predicted octanol–water partition coefficient (Wildman–Crippen LogP) is 4.80. The Bertz CT molecular complexity index is 1440. The highest BCUT2D eigenvalue weighted by atomic mass is 28.3. The van der Waals surface area contributed by atoms with E-state index >= 15 is 0 Å². The number of pyridine rings is 1. The molecule has 3 heterocycles. The number of aryl methyl sites for hydroxylation is 2. The summed E-state index contributed by atoms with van der Waals surface area (Å²) in [5.41, 5.74) is 5.44. The van der Waals surface area contributed by atoms with E-state index in [0.29, 0.717) is 28.9 Å². The Labute approximate surface area is 206 Å². The predicted molar refractivity (Wildman–Crippen MR) is 142 cm³/mol. The van der Waals surface area contributed by atoms with Crippen molar-refractivity contribution in [1.29, 1.82) is 0 Å². The molecule has 4 aromatic rings. The van der Waals surface area contributed by atoms with E-state index < -0.39 is 8.07 Å². The van der Waals surface area contributed by atoms with Gasteiger partial charge in [-0.2, -0.15) is 5.10 Å². The van der Waals surface area contributed by atoms with Gasteiger partial charge >= 0.3 is 0 Å². The van der Waals surface area contributed by atoms with Crippen molar-refractivity contribution in [3.8, 4) is 28.3 Å². The van der Waals surface area contributed by atoms with Crippen molar-refractivity contribution < 1.29 is 9.47 Å². The van der Waals surface area contributed by atoms with E-state index in [-0.39, 0.29) is 12.3 Å². The van der Waals surface area contributed by atoms with Crippen molar-refractivity contribution in [2.75, 3.05) is 13.7 Å². The quantitative estimate of drug-likeness (QED) is 0.260. The number of hydrogen-bond acceptors (Lipinski definition) is 6. The first-order valence-corrected chi connectivity index (χ1v) is 15.4. The van der Waals surface area contributed by atoms with Crippen molar-refractivity contribution in [3.63, 3.8) is 0 Å². The lowest BCUT2D eigenvalue weighted by molar-refractivity contribution is 0.0844. The van der Waals surface area contributed by atoms with Crippen LogP contribution in [0.2, 0.25) is 25.7 Å². The van der Waals surface area contributed by atoms with Gasteiger partial charge in [0.05, 0.1) is 30.1 Å². The van der Waals surface area contributed by atoms with Crippen molar-refractivity contribution in [3.05, 3.63) is 58.4 Å². The SMILES string of the molecule is COc1ccc(C)c(-c2nc(-c3cnn(C)c3)cc3c(=O)n(COCC[Si](C)(C)C)cnc23)c1C. The fraction of sp³-hybridized carbons (Fsp3) is 0.385. The molecular weight excluding hydrogens is 458 g/mol. The molecule has 184 valence electrons. The maximum atomic E-state index is 13.6. The molecule has 4 rings (SSSR count). The third kappa shape index (κ3) is 5.20. The molecule has 35 heavy (non-hydrogen) atoms. The first kappa shape index (κ1) is 24.8. The Morgan fingerprint density at radius 2 is 1.91 bits per heavy atom. The van der Waals surface area contributed by atoms with Gasteiger partial charge in [-0.1, -0.05) is 25.7 Å². The Balaban J connectivity index is 1.88. The molecule has 0 aliphatic rings. The average molecular weight is 492 g/mol. The minimum Gasteiger partial charge on any atom is -0.496 e. The second-order valence-corrected chi connectivity index (χ2v) is 15.7. The number of aromatic nitrogens is 5. The molecular formula is C26H33N5O3Si. The zero-order chi connectivity index (χ0) is 25.3. The lowest BCUT2D eigenvalue weighted by atomic mass is 9.96. The molecule has 0 amide bonds. The minimum atomic E-state index is -1.21. The Kier molecular flexibility index (Phi) is 6.91. The number of fused-ring (bicyclic) bond motifs is 1. The zero-order valence-corrected chi connectivity index (χ0v) is 22.5. The first-order valence-electron chi connectivity index (χ1n) is 11.7. The van der Waals surface area contributed by atoms with E-state index in [9.17, 15) is 4.79 Å². The van der Waals surface area contributed by atoms with Gasteiger partial charge in [-0.05, 0) is 37.6 Å². The zero-order valence-electron chi connectivity index (χ0n) is 21.5. The highest BCUT2D eigenvalue weighted by molar-refractivity contribution is 6.76. The first-order chi connectivity index (χ1) is 16.6. The van der Waals surface area contributed by atoms with Crippen LogP contribution < -0.4 is 10.3 Å². The van der Waals surface area contributed by atoms with E-state index in [2.05, 4.69) is 24.7 Å². The molecule has 0 spiro atoms. The number of benzene rings is 1. The van der Waals surface area contributed by atoms with Crippen LogP contribution >= 0.6 is 0 Å². The van der Waals surface area contributed by atoms with Crippen molar-refractivity contribution in [2.45, 2.75) is 46.3 Å². The van der Waals surface area contributed by atoms with Crippen LogP contribution in [0.3, 0.4) is 0 Å². The highest BCUT2D eigenvalue weighted by Crippen LogP contribution is 2.36. The van der Waals surface area contributed by atoms with Gasteiger partial charge in [0.15, 0.2) is 0 Å². The summed E-state index contributed by atoms with van der Waals surface area (Å²) in [6, 6.07) is 6.78. The summed E-state index contributed by atoms with van der Waals surface area (Å²) in [7, 11) is 2.29. The van der Waals surface area contributed by atoms with E-state index in [1.54, 1.807) is 30.4 Å². The fourth-order valence-electron chi connectivity index (χ4n) is 4.09. The molecule has 0 atom stereocenters. The Hall–Kier alpha value is -3.30. The summed E-state index contributed by atoms with van der Waals surface area (Å²) in [6.07, 6.45) is 5.19. The molecule has 0 radical (unpaired) electrons. The van der Waals surface area contributed by atoms with Crippen molar-refractivity contribution in [2.24, 2.45) is 7.05 Å². The number of methoxy groups -OCH3 is 1. The van der Waals surface area contributed by atoms with Gasteiger partial charge in [0.25, 0.3) is 5.56 Å². The minimum absolute atomic E-state index is 0.157. The lowest BCUT2D eigenvalue weighted by Gasteiger charge is -2.17. The molecule has 0 aliphatic heterocycles. The van der Waals surface area contributed by atoms with Crippen molar-refractivity contribution >= 4 is 19.0 Å². The van der Waals surface area contributed by atoms with Crippen LogP contribution in [0.1, 0.15) is 11.1 Å². The van der Waals surface area contributed by atoms with Crippen LogP contribution in [0.15, 0.2) is 41.7 Å². The normalized spacial score (nSPS) is 11.9. The number of rotatable bonds is 8. The van der Waals surface area contributed by atoms with Gasteiger partial charge < -0.3 is 9.47 Å². The lowest BCUT2D eigenvalue weighted by Crippen LogP contribution is -2.25. The molecule has 8 nitrogen and oxygen atoms in total. The maximum Gasteiger partial charge on any atom is 0.263 e. The topological polar surface area (TPSA) is 84.1 Å². The third-order valence-electron chi connectivity index (χ3n) is 6.12. The van der Waals surface area contributed by atoms with Crippen LogP contribution in [0.25, 0.3) is 33.4 Å². The summed E-state index contributed by atoms with van der Waals surface area (Å²) in [5.74, 6) is 0.761. The smallest absolute Gasteiger partial charge is 0.263 e. The van der Waals surface area contributed by atoms with E-state index in [1.807, 2.05) is 39.2 Å². The third-order valence-corrected chi connectivity index (χ3v) is 7.82. The molecule has 0 saturated heterocycles. The van der Waals surface area contributed by atoms with Gasteiger partial charge in [-0.3, -0.25) is 14.0 Å². The largest absolute Gasteiger partial charge is 0.496 e. The molecule has 0 bridgehead atoms. The van der Waals surface area contributed by atoms with E-state index in [1.165, 1.54) is 4.57 Å². The molecule has 0 aliphatic carbocycles. The van der Waals surface area contributed by atoms with Crippen LogP contribution in [0.4, 0.5) is 0 Å². The monoisotopic (exact) mass is 491 g/mol. The number of ether oxygens (including phenoxy) is 2. The molecule has 3 aromatic heterocycles. The van der Waals surface area contributed by atoms with Crippen LogP contribution in [0.5, 0.6) is 5.75 Å². The molecule has 1 aromatic carbocycles. The van der Waals surface area contributed by atoms with Crippen molar-refractivity contribution in [1.82, 2.24) is 24.3 Å². The Morgan fingerprint density at radius 3 is 2.57 bits per heavy atom. The van der Waals surface area contributed by atoms with Gasteiger partial charge in [-0.15, -0.1) is 0 Å². The molecule has 9 heteroatoms. The Morgan fingerprint density at radius 1 is 1.14 bits per heavy atom. The number of nitrogens with zero attached hydrogens (tertiary/aromatic N) is 5. The summed E-state index contributed by atoms with van der Waals surface area (Å²) in [4.78, 5) is 23.2. The van der Waals surface area contributed by atoms with Gasteiger partial charge in [0.2, 0.25) is 0 Å². The van der Waals surface area contributed by atoms with Gasteiger partial charge in [0.1, 0.15) is 24.3 Å². The van der Waals surface area contributed by atoms with Gasteiger partial charge in [-0.25, -0.2) is 9.97 Å². The molecule has 0 N–H and O–H groups in total. The average Bonchev–Trinajstić information content (AvgIpc) is 3.24. The standard InChI is InChI=1S/C26H33N5O3Si/c1-17-8-9-22(33-4)18(2)23(17)25-24-20(12-21(29-25)19-13-28-30(3)14-19)26(32)31(15-27-24)16-34-10-11-35(5,6)7/h8-9,12-15H,10-11,16H2,1-7H3. The van der Waals surface area contributed by atoms with Crippen LogP contribution in [-0.2, 0) is 18.5 Å². The van der Waals surface area contributed by atoms with Crippen LogP contribution in [-0.4, -0.2) is 46.1 Å². The van der Waals surface area contributed by atoms with E-state index in [0.717, 1.165) is 34.0 Å².